The van der Waals surface area contributed by atoms with E-state index in [2.05, 4.69) is 20.4 Å². The molecule has 1 aromatic carbocycles. The predicted molar refractivity (Wildman–Crippen MR) is 128 cm³/mol. The van der Waals surface area contributed by atoms with Crippen LogP contribution in [0.4, 0.5) is 0 Å². The average molecular weight is 491 g/mol. The summed E-state index contributed by atoms with van der Waals surface area (Å²) in [4.78, 5) is 35.4. The predicted octanol–water partition coefficient (Wildman–Crippen LogP) is 1.12. The summed E-state index contributed by atoms with van der Waals surface area (Å²) >= 11 is 0. The highest BCUT2D eigenvalue weighted by Crippen LogP contribution is 2.41. The lowest BCUT2D eigenvalue weighted by Gasteiger charge is -2.37. The second kappa shape index (κ2) is 12.5. The molecular weight excluding hydrogens is 459 g/mol. The minimum Gasteiger partial charge on any atom is -0.461 e. The van der Waals surface area contributed by atoms with Gasteiger partial charge in [-0.1, -0.05) is 18.2 Å². The smallest absolute Gasteiger partial charge is 0.323 e. The highest BCUT2D eigenvalue weighted by atomic mass is 31.2. The van der Waals surface area contributed by atoms with Gasteiger partial charge in [-0.3, -0.25) is 14.4 Å². The van der Waals surface area contributed by atoms with Gasteiger partial charge in [0.15, 0.2) is 0 Å². The van der Waals surface area contributed by atoms with Gasteiger partial charge in [-0.2, -0.15) is 0 Å². The molecule has 0 spiro atoms. The quantitative estimate of drug-likeness (QED) is 0.0959. The largest absolute Gasteiger partial charge is 0.461 e. The molecule has 2 amide bonds. The summed E-state index contributed by atoms with van der Waals surface area (Å²) in [7, 11) is -1.34. The summed E-state index contributed by atoms with van der Waals surface area (Å²) in [6, 6.07) is 8.74. The zero-order valence-electron chi connectivity index (χ0n) is 19.0. The summed E-state index contributed by atoms with van der Waals surface area (Å²) in [5.74, 6) is -0.135. The van der Waals surface area contributed by atoms with Crippen molar-refractivity contribution in [2.75, 3.05) is 13.1 Å². The lowest BCUT2D eigenvalue weighted by molar-refractivity contribution is -0.146. The summed E-state index contributed by atoms with van der Waals surface area (Å²) in [5, 5.41) is 15.7. The summed E-state index contributed by atoms with van der Waals surface area (Å²) in [6.45, 7) is 3.01. The van der Waals surface area contributed by atoms with Gasteiger partial charge in [0, 0.05) is 25.3 Å². The summed E-state index contributed by atoms with van der Waals surface area (Å²) in [6.07, 6.45) is 4.33. The number of nitrogens with one attached hydrogen (secondary N) is 4. The van der Waals surface area contributed by atoms with Crippen LogP contribution >= 0.6 is 8.45 Å². The first-order chi connectivity index (χ1) is 16.4. The molecule has 1 heterocycles. The van der Waals surface area contributed by atoms with Gasteiger partial charge in [0.05, 0.1) is 5.70 Å². The van der Waals surface area contributed by atoms with E-state index in [0.29, 0.717) is 38.1 Å². The fourth-order valence-electron chi connectivity index (χ4n) is 3.26. The average Bonchev–Trinajstić information content (AvgIpc) is 3.66. The van der Waals surface area contributed by atoms with E-state index in [1.54, 1.807) is 6.92 Å². The van der Waals surface area contributed by atoms with Crippen molar-refractivity contribution in [3.05, 3.63) is 41.7 Å². The molecule has 0 radical (unpaired) electrons. The van der Waals surface area contributed by atoms with Crippen LogP contribution in [0, 0.1) is 5.41 Å². The fourth-order valence-corrected chi connectivity index (χ4v) is 4.94. The number of para-hydroxylation sites is 1. The molecule has 1 saturated heterocycles. The molecule has 12 heteroatoms. The molecule has 2 aliphatic rings. The molecule has 1 aromatic rings. The van der Waals surface area contributed by atoms with E-state index in [4.69, 9.17) is 20.4 Å². The fraction of sp³-hybridized carbons (Fsp3) is 0.455. The first kappa shape index (κ1) is 25.6. The SMILES string of the molecule is C[C@H](NP(Oc1ccccc1)N1CCC(NC(=O)/C(N)=C(/C=N)NC=O)CC1)C(=O)OC1CC1. The van der Waals surface area contributed by atoms with E-state index in [-0.39, 0.29) is 29.5 Å². The molecule has 34 heavy (non-hydrogen) atoms. The third-order valence-electron chi connectivity index (χ3n) is 5.36. The monoisotopic (exact) mass is 490 g/mol. The lowest BCUT2D eigenvalue weighted by Crippen LogP contribution is -2.47. The van der Waals surface area contributed by atoms with Crippen LogP contribution in [0.1, 0.15) is 32.6 Å². The van der Waals surface area contributed by atoms with Gasteiger partial charge in [0.2, 0.25) is 14.9 Å². The second-order valence-electron chi connectivity index (χ2n) is 8.10. The number of nitrogens with two attached hydrogens (primary N) is 1. The highest BCUT2D eigenvalue weighted by molar-refractivity contribution is 7.48. The number of rotatable bonds is 12. The number of carbonyl (C=O) groups is 3. The third-order valence-corrected chi connectivity index (χ3v) is 7.26. The van der Waals surface area contributed by atoms with Gasteiger partial charge >= 0.3 is 5.97 Å². The van der Waals surface area contributed by atoms with Gasteiger partial charge in [0.1, 0.15) is 23.6 Å². The number of benzene rings is 1. The maximum absolute atomic E-state index is 12.4. The third kappa shape index (κ3) is 7.51. The van der Waals surface area contributed by atoms with Crippen molar-refractivity contribution in [3.63, 3.8) is 0 Å². The molecule has 1 unspecified atom stereocenters. The number of ether oxygens (including phenoxy) is 1. The molecule has 2 atom stereocenters. The molecular formula is C22H31N6O5P. The van der Waals surface area contributed by atoms with E-state index in [1.807, 2.05) is 30.3 Å². The molecule has 6 N–H and O–H groups in total. The highest BCUT2D eigenvalue weighted by Gasteiger charge is 2.33. The van der Waals surface area contributed by atoms with Crippen molar-refractivity contribution in [2.45, 2.75) is 50.8 Å². The van der Waals surface area contributed by atoms with Crippen molar-refractivity contribution >= 4 is 33.0 Å². The van der Waals surface area contributed by atoms with Gasteiger partial charge in [0.25, 0.3) is 5.91 Å². The van der Waals surface area contributed by atoms with E-state index in [9.17, 15) is 14.4 Å². The van der Waals surface area contributed by atoms with Crippen LogP contribution in [0.25, 0.3) is 0 Å². The van der Waals surface area contributed by atoms with Crippen LogP contribution in [0.2, 0.25) is 0 Å². The number of hydrogen-bond donors (Lipinski definition) is 5. The Morgan fingerprint density at radius 1 is 1.21 bits per heavy atom. The van der Waals surface area contributed by atoms with Crippen molar-refractivity contribution < 1.29 is 23.6 Å². The zero-order valence-corrected chi connectivity index (χ0v) is 19.9. The number of hydrogen-bond acceptors (Lipinski definition) is 9. The first-order valence-electron chi connectivity index (χ1n) is 11.2. The lowest BCUT2D eigenvalue weighted by atomic mass is 10.1. The van der Waals surface area contributed by atoms with Gasteiger partial charge < -0.3 is 31.0 Å². The van der Waals surface area contributed by atoms with Crippen LogP contribution in [0.5, 0.6) is 5.75 Å². The minimum atomic E-state index is -1.34. The Bertz CT molecular complexity index is 902. The van der Waals surface area contributed by atoms with Crippen molar-refractivity contribution in [1.29, 1.82) is 5.41 Å². The van der Waals surface area contributed by atoms with Gasteiger partial charge in [-0.25, -0.2) is 9.76 Å². The van der Waals surface area contributed by atoms with Crippen molar-refractivity contribution in [3.8, 4) is 5.75 Å². The Kier molecular flexibility index (Phi) is 9.38. The maximum atomic E-state index is 12.4. The number of nitrogens with zero attached hydrogens (tertiary/aromatic N) is 1. The topological polar surface area (TPSA) is 159 Å². The van der Waals surface area contributed by atoms with E-state index < -0.39 is 20.4 Å². The van der Waals surface area contributed by atoms with Crippen LogP contribution in [-0.4, -0.2) is 60.4 Å². The zero-order chi connectivity index (χ0) is 24.5. The molecule has 0 bridgehead atoms. The summed E-state index contributed by atoms with van der Waals surface area (Å²) in [5.41, 5.74) is 5.50. The van der Waals surface area contributed by atoms with Gasteiger partial charge in [-0.05, 0) is 44.7 Å². The van der Waals surface area contributed by atoms with E-state index in [0.717, 1.165) is 19.1 Å². The Balaban J connectivity index is 1.59. The van der Waals surface area contributed by atoms with Gasteiger partial charge in [-0.15, -0.1) is 0 Å². The second-order valence-corrected chi connectivity index (χ2v) is 9.65. The van der Waals surface area contributed by atoms with Crippen LogP contribution in [0.3, 0.4) is 0 Å². The minimum absolute atomic E-state index is 0.0359. The number of piperidine rings is 1. The van der Waals surface area contributed by atoms with Crippen LogP contribution in [-0.2, 0) is 19.1 Å². The molecule has 2 fully saturated rings. The van der Waals surface area contributed by atoms with E-state index >= 15 is 0 Å². The Hall–Kier alpha value is -3.01. The standard InChI is InChI=1S/C22H31N6O5P/c1-15(22(31)32-17-7-8-17)27-34(33-18-5-3-2-4-6-18)28-11-9-16(10-12-28)26-21(30)20(24)19(13-23)25-14-29/h2-6,13-17,23,27H,7-12,24H2,1H3,(H,25,29)(H,26,30)/b20-19+,23-13?/t15-,34?/m0/s1. The van der Waals surface area contributed by atoms with E-state index in [1.165, 1.54) is 0 Å². The Morgan fingerprint density at radius 3 is 2.47 bits per heavy atom. The molecule has 0 aromatic heterocycles. The number of esters is 1. The molecule has 1 aliphatic carbocycles. The Morgan fingerprint density at radius 2 is 1.88 bits per heavy atom. The first-order valence-corrected chi connectivity index (χ1v) is 12.4. The summed E-state index contributed by atoms with van der Waals surface area (Å²) < 4.78 is 13.8. The number of carbonyl (C=O) groups excluding carboxylic acids is 3. The molecule has 1 aliphatic heterocycles. The number of amides is 2. The molecule has 1 saturated carbocycles. The maximum Gasteiger partial charge on any atom is 0.323 e. The number of allylic oxidation sites excluding steroid dienone is 1. The molecule has 184 valence electrons. The normalized spacial score (nSPS) is 19.2. The van der Waals surface area contributed by atoms with Crippen LogP contribution in [0.15, 0.2) is 41.7 Å². The molecule has 3 rings (SSSR count). The van der Waals surface area contributed by atoms with Crippen LogP contribution < -0.4 is 26.0 Å². The Labute approximate surface area is 199 Å². The van der Waals surface area contributed by atoms with Crippen molar-refractivity contribution in [2.24, 2.45) is 5.73 Å². The van der Waals surface area contributed by atoms with Crippen molar-refractivity contribution in [1.82, 2.24) is 20.4 Å². The molecule has 11 nitrogen and oxygen atoms in total.